The predicted octanol–water partition coefficient (Wildman–Crippen LogP) is 5.22. The van der Waals surface area contributed by atoms with Crippen molar-refractivity contribution in [3.63, 3.8) is 0 Å². The van der Waals surface area contributed by atoms with E-state index in [0.717, 1.165) is 0 Å². The number of Topliss-reactive ketones (excluding diaryl/α,β-unsaturated/α-hetero) is 2. The van der Waals surface area contributed by atoms with Gasteiger partial charge in [-0.3, -0.25) is 14.4 Å². The molecule has 2 heterocycles. The summed E-state index contributed by atoms with van der Waals surface area (Å²) in [7, 11) is 0. The minimum atomic E-state index is -1.91. The largest absolute Gasteiger partial charge is 0.425 e. The van der Waals surface area contributed by atoms with Gasteiger partial charge in [-0.2, -0.15) is 0 Å². The topological polar surface area (TPSA) is 90.7 Å². The van der Waals surface area contributed by atoms with Crippen molar-refractivity contribution in [2.75, 3.05) is 0 Å². The Hall–Kier alpha value is -4.03. The fourth-order valence-electron chi connectivity index (χ4n) is 5.59. The van der Waals surface area contributed by atoms with Crippen molar-refractivity contribution in [3.8, 4) is 5.75 Å². The molecule has 6 rings (SSSR count). The number of halogens is 1. The molecule has 0 radical (unpaired) electrons. The van der Waals surface area contributed by atoms with Crippen LogP contribution in [-0.2, 0) is 4.79 Å². The highest BCUT2D eigenvalue weighted by atomic mass is 35.5. The minimum Gasteiger partial charge on any atom is -0.425 e. The molecule has 1 fully saturated rings. The summed E-state index contributed by atoms with van der Waals surface area (Å²) in [6.07, 6.45) is 0. The highest BCUT2D eigenvalue weighted by molar-refractivity contribution is 6.31. The zero-order chi connectivity index (χ0) is 24.5. The lowest BCUT2D eigenvalue weighted by Crippen LogP contribution is -2.40. The second-order valence-corrected chi connectivity index (χ2v) is 9.46. The number of rotatable bonds is 4. The molecule has 172 valence electrons. The maximum absolute atomic E-state index is 14.1. The third kappa shape index (κ3) is 2.71. The Morgan fingerprint density at radius 2 is 1.57 bits per heavy atom. The number of carbonyl (C=O) groups excluding carboxylic acids is 3. The Balaban J connectivity index is 1.58. The van der Waals surface area contributed by atoms with Gasteiger partial charge in [0.2, 0.25) is 0 Å². The molecule has 1 saturated carbocycles. The quantitative estimate of drug-likeness (QED) is 0.130. The molecular weight excluding hydrogens is 468 g/mol. The number of ketones is 2. The van der Waals surface area contributed by atoms with Gasteiger partial charge in [0.1, 0.15) is 16.9 Å². The second kappa shape index (κ2) is 7.23. The van der Waals surface area contributed by atoms with Crippen LogP contribution >= 0.6 is 11.6 Å². The molecule has 0 spiro atoms. The first kappa shape index (κ1) is 21.5. The second-order valence-electron chi connectivity index (χ2n) is 9.02. The van der Waals surface area contributed by atoms with Crippen LogP contribution in [0.3, 0.4) is 0 Å². The Morgan fingerprint density at radius 3 is 2.34 bits per heavy atom. The standard InChI is InChI=1S/C28H17ClO6/c1-27(23(30)15-10-12-17(29)13-11-15)22-18-7-3-5-9-21(18)35-26(33)28(22,27)24(31)19-14-16-6-2-4-8-20(16)34-25(19)32/h2-14,22H,1H3/t22-,27-,28-/m1/s1. The molecule has 0 bridgehead atoms. The van der Waals surface area contributed by atoms with Crippen LogP contribution in [0.1, 0.15) is 39.1 Å². The van der Waals surface area contributed by atoms with Gasteiger partial charge in [0.25, 0.3) is 0 Å². The van der Waals surface area contributed by atoms with Crippen LogP contribution in [0.4, 0.5) is 0 Å². The number of hydrogen-bond donors (Lipinski definition) is 0. The van der Waals surface area contributed by atoms with E-state index in [2.05, 4.69) is 0 Å². The van der Waals surface area contributed by atoms with Gasteiger partial charge >= 0.3 is 11.6 Å². The molecule has 0 saturated heterocycles. The van der Waals surface area contributed by atoms with Gasteiger partial charge in [0.15, 0.2) is 17.0 Å². The summed E-state index contributed by atoms with van der Waals surface area (Å²) in [5, 5.41) is 0.976. The number of esters is 1. The fourth-order valence-corrected chi connectivity index (χ4v) is 5.72. The van der Waals surface area contributed by atoms with E-state index in [9.17, 15) is 19.2 Å². The first-order chi connectivity index (χ1) is 16.8. The van der Waals surface area contributed by atoms with E-state index in [4.69, 9.17) is 20.8 Å². The van der Waals surface area contributed by atoms with Gasteiger partial charge < -0.3 is 9.15 Å². The van der Waals surface area contributed by atoms with Crippen molar-refractivity contribution in [1.82, 2.24) is 0 Å². The van der Waals surface area contributed by atoms with Crippen LogP contribution in [0.5, 0.6) is 5.75 Å². The molecule has 35 heavy (non-hydrogen) atoms. The number of benzene rings is 3. The van der Waals surface area contributed by atoms with Crippen molar-refractivity contribution in [3.05, 3.63) is 111 Å². The van der Waals surface area contributed by atoms with E-state index in [1.165, 1.54) is 6.07 Å². The SMILES string of the molecule is C[C@]1(C(=O)c2ccc(Cl)cc2)[C@H]2c3ccccc3OC(=O)[C@]21C(=O)c1cc2ccccc2oc1=O. The molecule has 4 aromatic rings. The van der Waals surface area contributed by atoms with Crippen molar-refractivity contribution in [2.24, 2.45) is 10.8 Å². The molecule has 1 aliphatic carbocycles. The van der Waals surface area contributed by atoms with Gasteiger partial charge in [-0.1, -0.05) is 54.9 Å². The summed E-state index contributed by atoms with van der Waals surface area (Å²) >= 11 is 6.00. The third-order valence-electron chi connectivity index (χ3n) is 7.32. The highest BCUT2D eigenvalue weighted by Crippen LogP contribution is 2.79. The lowest BCUT2D eigenvalue weighted by Gasteiger charge is -2.22. The smallest absolute Gasteiger partial charge is 0.347 e. The molecule has 7 heteroatoms. The molecule has 3 aromatic carbocycles. The number of ether oxygens (including phenoxy) is 1. The van der Waals surface area contributed by atoms with E-state index < -0.39 is 39.9 Å². The molecule has 0 N–H and O–H groups in total. The van der Waals surface area contributed by atoms with E-state index in [-0.39, 0.29) is 5.56 Å². The van der Waals surface area contributed by atoms with E-state index in [0.29, 0.717) is 32.9 Å². The first-order valence-electron chi connectivity index (χ1n) is 11.0. The molecule has 6 nitrogen and oxygen atoms in total. The maximum Gasteiger partial charge on any atom is 0.347 e. The zero-order valence-corrected chi connectivity index (χ0v) is 19.2. The van der Waals surface area contributed by atoms with Crippen molar-refractivity contribution in [1.29, 1.82) is 0 Å². The van der Waals surface area contributed by atoms with Crippen molar-refractivity contribution in [2.45, 2.75) is 12.8 Å². The lowest BCUT2D eigenvalue weighted by atomic mass is 9.82. The van der Waals surface area contributed by atoms with Gasteiger partial charge in [0, 0.05) is 27.5 Å². The number of para-hydroxylation sites is 2. The fraction of sp³-hybridized carbons (Fsp3) is 0.143. The Labute approximate surface area is 204 Å². The van der Waals surface area contributed by atoms with Crippen LogP contribution in [0, 0.1) is 10.8 Å². The summed E-state index contributed by atoms with van der Waals surface area (Å²) in [4.78, 5) is 54.5. The van der Waals surface area contributed by atoms with Gasteiger partial charge in [-0.15, -0.1) is 0 Å². The van der Waals surface area contributed by atoms with Crippen molar-refractivity contribution < 1.29 is 23.5 Å². The number of carbonyl (C=O) groups is 3. The van der Waals surface area contributed by atoms with Gasteiger partial charge in [-0.25, -0.2) is 4.79 Å². The van der Waals surface area contributed by atoms with Crippen LogP contribution < -0.4 is 10.4 Å². The van der Waals surface area contributed by atoms with Crippen LogP contribution in [0.25, 0.3) is 11.0 Å². The third-order valence-corrected chi connectivity index (χ3v) is 7.58. The lowest BCUT2D eigenvalue weighted by molar-refractivity contribution is -0.140. The average molecular weight is 485 g/mol. The Morgan fingerprint density at radius 1 is 0.886 bits per heavy atom. The summed E-state index contributed by atoms with van der Waals surface area (Å²) in [5.41, 5.74) is -3.38. The van der Waals surface area contributed by atoms with E-state index >= 15 is 0 Å². The monoisotopic (exact) mass is 484 g/mol. The molecule has 0 unspecified atom stereocenters. The highest BCUT2D eigenvalue weighted by Gasteiger charge is 2.87. The predicted molar refractivity (Wildman–Crippen MR) is 128 cm³/mol. The molecule has 1 aromatic heterocycles. The molecule has 2 aliphatic rings. The first-order valence-corrected chi connectivity index (χ1v) is 11.4. The van der Waals surface area contributed by atoms with E-state index in [1.807, 2.05) is 0 Å². The summed E-state index contributed by atoms with van der Waals surface area (Å²) in [5.74, 6) is -2.57. The van der Waals surface area contributed by atoms with Crippen LogP contribution in [0.15, 0.2) is 88.1 Å². The molecule has 1 aliphatic heterocycles. The normalized spacial score (nSPS) is 24.3. The van der Waals surface area contributed by atoms with Crippen LogP contribution in [-0.4, -0.2) is 17.5 Å². The minimum absolute atomic E-state index is 0.294. The van der Waals surface area contributed by atoms with Crippen molar-refractivity contribution >= 4 is 40.1 Å². The summed E-state index contributed by atoms with van der Waals surface area (Å²) < 4.78 is 11.0. The maximum atomic E-state index is 14.1. The zero-order valence-electron chi connectivity index (χ0n) is 18.4. The van der Waals surface area contributed by atoms with Gasteiger partial charge in [-0.05, 0) is 42.5 Å². The van der Waals surface area contributed by atoms with Crippen LogP contribution in [0.2, 0.25) is 5.02 Å². The Kier molecular flexibility index (Phi) is 4.44. The molecule has 3 atom stereocenters. The number of hydrogen-bond acceptors (Lipinski definition) is 6. The molecular formula is C28H17ClO6. The van der Waals surface area contributed by atoms with Gasteiger partial charge in [0.05, 0.1) is 5.41 Å². The summed E-state index contributed by atoms with van der Waals surface area (Å²) in [6, 6.07) is 21.2. The Bertz CT molecular complexity index is 1640. The average Bonchev–Trinajstić information content (AvgIpc) is 3.46. The van der Waals surface area contributed by atoms with E-state index in [1.54, 1.807) is 79.7 Å². The summed E-state index contributed by atoms with van der Waals surface area (Å²) in [6.45, 7) is 1.58. The molecule has 0 amide bonds. The number of fused-ring (bicyclic) bond motifs is 4.